The zero-order valence-electron chi connectivity index (χ0n) is 15.0. The second kappa shape index (κ2) is 9.14. The molecule has 0 radical (unpaired) electrons. The van der Waals surface area contributed by atoms with Crippen LogP contribution in [0.1, 0.15) is 22.6 Å². The first-order valence-corrected chi connectivity index (χ1v) is 9.45. The number of H-pyrrole nitrogens is 1. The van der Waals surface area contributed by atoms with E-state index in [9.17, 15) is 0 Å². The molecular formula is C17H23N7OS. The minimum Gasteiger partial charge on any atom is -0.461 e. The summed E-state index contributed by atoms with van der Waals surface area (Å²) in [7, 11) is 0. The highest BCUT2D eigenvalue weighted by Crippen LogP contribution is 2.14. The monoisotopic (exact) mass is 373 g/mol. The van der Waals surface area contributed by atoms with Crippen molar-refractivity contribution in [1.82, 2.24) is 30.8 Å². The van der Waals surface area contributed by atoms with Gasteiger partial charge in [0.15, 0.2) is 11.7 Å². The highest BCUT2D eigenvalue weighted by atomic mass is 32.1. The van der Waals surface area contributed by atoms with Gasteiger partial charge in [0.1, 0.15) is 5.82 Å². The van der Waals surface area contributed by atoms with Gasteiger partial charge in [0.25, 0.3) is 0 Å². The molecule has 0 bridgehead atoms. The van der Waals surface area contributed by atoms with Crippen LogP contribution in [0.15, 0.2) is 34.0 Å². The van der Waals surface area contributed by atoms with Gasteiger partial charge in [0.2, 0.25) is 5.82 Å². The summed E-state index contributed by atoms with van der Waals surface area (Å²) in [5, 5.41) is 14.8. The largest absolute Gasteiger partial charge is 0.461 e. The second-order valence-electron chi connectivity index (χ2n) is 5.64. The molecule has 0 saturated heterocycles. The molecule has 0 unspecified atom stereocenters. The van der Waals surface area contributed by atoms with Gasteiger partial charge in [0.05, 0.1) is 11.3 Å². The van der Waals surface area contributed by atoms with Crippen molar-refractivity contribution in [3.63, 3.8) is 0 Å². The highest BCUT2D eigenvalue weighted by Gasteiger charge is 2.08. The average Bonchev–Trinajstić information content (AvgIpc) is 3.36. The van der Waals surface area contributed by atoms with E-state index >= 15 is 0 Å². The maximum absolute atomic E-state index is 5.30. The molecule has 3 N–H and O–H groups in total. The number of aromatic amines is 1. The topological polar surface area (TPSA) is 104 Å². The lowest BCUT2D eigenvalue weighted by atomic mass is 10.4. The number of nitrogens with one attached hydrogen (secondary N) is 3. The third-order valence-corrected chi connectivity index (χ3v) is 4.51. The second-order valence-corrected chi connectivity index (χ2v) is 6.95. The van der Waals surface area contributed by atoms with E-state index < -0.39 is 0 Å². The zero-order chi connectivity index (χ0) is 18.2. The molecule has 0 aromatic carbocycles. The standard InChI is InChI=1S/C17H23N7OS/c1-3-18-17(20-9-7-15-21-11-12(2)26-15)19-8-6-14-22-16(24-23-14)13-5-4-10-25-13/h4-5,10-11H,3,6-9H2,1-2H3,(H2,18,19,20)(H,22,23,24). The summed E-state index contributed by atoms with van der Waals surface area (Å²) in [6, 6.07) is 3.66. The number of nitrogens with zero attached hydrogens (tertiary/aromatic N) is 4. The van der Waals surface area contributed by atoms with E-state index in [1.807, 2.05) is 25.3 Å². The molecule has 3 rings (SSSR count). The van der Waals surface area contributed by atoms with Gasteiger partial charge in [0, 0.05) is 43.5 Å². The van der Waals surface area contributed by atoms with Gasteiger partial charge in [-0.25, -0.2) is 9.97 Å². The van der Waals surface area contributed by atoms with Crippen molar-refractivity contribution >= 4 is 17.3 Å². The average molecular weight is 373 g/mol. The third kappa shape index (κ3) is 5.16. The highest BCUT2D eigenvalue weighted by molar-refractivity contribution is 7.11. The van der Waals surface area contributed by atoms with E-state index in [0.717, 1.165) is 29.8 Å². The molecule has 138 valence electrons. The molecule has 8 nitrogen and oxygen atoms in total. The van der Waals surface area contributed by atoms with Gasteiger partial charge in [-0.15, -0.1) is 11.3 Å². The number of furan rings is 1. The number of guanidine groups is 1. The van der Waals surface area contributed by atoms with Crippen molar-refractivity contribution in [2.24, 2.45) is 4.99 Å². The molecule has 0 amide bonds. The van der Waals surface area contributed by atoms with Crippen LogP contribution in [0.3, 0.4) is 0 Å². The van der Waals surface area contributed by atoms with Crippen molar-refractivity contribution in [1.29, 1.82) is 0 Å². The molecular weight excluding hydrogens is 350 g/mol. The van der Waals surface area contributed by atoms with Crippen LogP contribution in [0.5, 0.6) is 0 Å². The van der Waals surface area contributed by atoms with E-state index in [2.05, 4.69) is 42.7 Å². The van der Waals surface area contributed by atoms with Crippen molar-refractivity contribution in [2.45, 2.75) is 26.7 Å². The van der Waals surface area contributed by atoms with Crippen LogP contribution < -0.4 is 10.6 Å². The maximum atomic E-state index is 5.30. The van der Waals surface area contributed by atoms with Crippen LogP contribution in [0, 0.1) is 6.92 Å². The summed E-state index contributed by atoms with van der Waals surface area (Å²) in [6.07, 6.45) is 5.08. The van der Waals surface area contributed by atoms with Gasteiger partial charge < -0.3 is 15.1 Å². The first-order chi connectivity index (χ1) is 12.7. The van der Waals surface area contributed by atoms with Gasteiger partial charge in [-0.2, -0.15) is 5.10 Å². The summed E-state index contributed by atoms with van der Waals surface area (Å²) >= 11 is 1.72. The predicted octanol–water partition coefficient (Wildman–Crippen LogP) is 2.17. The van der Waals surface area contributed by atoms with Crippen LogP contribution >= 0.6 is 11.3 Å². The van der Waals surface area contributed by atoms with Crippen molar-refractivity contribution < 1.29 is 4.42 Å². The normalized spacial score (nSPS) is 11.7. The van der Waals surface area contributed by atoms with Gasteiger partial charge >= 0.3 is 0 Å². The molecule has 26 heavy (non-hydrogen) atoms. The quantitative estimate of drug-likeness (QED) is 0.413. The van der Waals surface area contributed by atoms with Crippen LogP contribution in [-0.4, -0.2) is 45.8 Å². The summed E-state index contributed by atoms with van der Waals surface area (Å²) in [6.45, 7) is 6.33. The molecule has 0 spiro atoms. The molecule has 9 heteroatoms. The lowest BCUT2D eigenvalue weighted by Crippen LogP contribution is -2.38. The number of aromatic nitrogens is 4. The lowest BCUT2D eigenvalue weighted by Gasteiger charge is -2.10. The number of aryl methyl sites for hydroxylation is 1. The molecule has 3 aromatic rings. The smallest absolute Gasteiger partial charge is 0.216 e. The van der Waals surface area contributed by atoms with Crippen LogP contribution in [-0.2, 0) is 12.8 Å². The van der Waals surface area contributed by atoms with Gasteiger partial charge in [-0.05, 0) is 26.0 Å². The fourth-order valence-electron chi connectivity index (χ4n) is 2.34. The minimum absolute atomic E-state index is 0.573. The number of thiazole rings is 1. The van der Waals surface area contributed by atoms with Crippen molar-refractivity contribution in [3.8, 4) is 11.6 Å². The minimum atomic E-state index is 0.573. The van der Waals surface area contributed by atoms with Gasteiger partial charge in [-0.1, -0.05) is 0 Å². The molecule has 0 aliphatic rings. The number of aliphatic imine (C=N–C) groups is 1. The van der Waals surface area contributed by atoms with Crippen LogP contribution in [0.4, 0.5) is 0 Å². The number of hydrogen-bond donors (Lipinski definition) is 3. The van der Waals surface area contributed by atoms with E-state index in [1.54, 1.807) is 17.6 Å². The summed E-state index contributed by atoms with van der Waals surface area (Å²) in [5.74, 6) is 2.83. The fraction of sp³-hybridized carbons (Fsp3) is 0.412. The molecule has 3 aromatic heterocycles. The molecule has 0 aliphatic heterocycles. The van der Waals surface area contributed by atoms with E-state index in [4.69, 9.17) is 4.42 Å². The predicted molar refractivity (Wildman–Crippen MR) is 102 cm³/mol. The third-order valence-electron chi connectivity index (χ3n) is 3.54. The Bertz CT molecular complexity index is 822. The summed E-state index contributed by atoms with van der Waals surface area (Å²) in [5.41, 5.74) is 0. The maximum Gasteiger partial charge on any atom is 0.216 e. The number of hydrogen-bond acceptors (Lipinski definition) is 6. The Morgan fingerprint density at radius 3 is 3.00 bits per heavy atom. The molecule has 0 atom stereocenters. The van der Waals surface area contributed by atoms with Crippen molar-refractivity contribution in [3.05, 3.63) is 40.3 Å². The first kappa shape index (κ1) is 18.1. The summed E-state index contributed by atoms with van der Waals surface area (Å²) < 4.78 is 5.30. The zero-order valence-corrected chi connectivity index (χ0v) is 15.8. The Kier molecular flexibility index (Phi) is 6.37. The Morgan fingerprint density at radius 1 is 1.35 bits per heavy atom. The lowest BCUT2D eigenvalue weighted by molar-refractivity contribution is 0.577. The summed E-state index contributed by atoms with van der Waals surface area (Å²) in [4.78, 5) is 14.6. The first-order valence-electron chi connectivity index (χ1n) is 8.63. The molecule has 3 heterocycles. The Hall–Kier alpha value is -2.68. The Morgan fingerprint density at radius 2 is 2.27 bits per heavy atom. The van der Waals surface area contributed by atoms with Crippen LogP contribution in [0.25, 0.3) is 11.6 Å². The van der Waals surface area contributed by atoms with E-state index in [-0.39, 0.29) is 0 Å². The SMILES string of the molecule is CCNC(=NCCc1ncc(C)s1)NCCc1nc(-c2ccco2)n[nH]1. The molecule has 0 saturated carbocycles. The molecule has 0 fully saturated rings. The Balaban J connectivity index is 1.46. The number of rotatable bonds is 8. The van der Waals surface area contributed by atoms with Crippen LogP contribution in [0.2, 0.25) is 0 Å². The van der Waals surface area contributed by atoms with E-state index in [1.165, 1.54) is 4.88 Å². The Labute approximate surface area is 156 Å². The van der Waals surface area contributed by atoms with Crippen molar-refractivity contribution in [2.75, 3.05) is 19.6 Å². The van der Waals surface area contributed by atoms with E-state index in [0.29, 0.717) is 31.1 Å². The fourth-order valence-corrected chi connectivity index (χ4v) is 3.12. The van der Waals surface area contributed by atoms with Gasteiger partial charge in [-0.3, -0.25) is 10.1 Å². The molecule has 0 aliphatic carbocycles.